The predicted octanol–water partition coefficient (Wildman–Crippen LogP) is -1.71. The van der Waals surface area contributed by atoms with E-state index in [1.54, 1.807) is 7.05 Å². The summed E-state index contributed by atoms with van der Waals surface area (Å²) in [7, 11) is 3.19. The zero-order chi connectivity index (χ0) is 16.7. The SMILES string of the molecule is Cn1cnc2c1c(=O)n(CC(=O)NCC(N)C1CC1)c(=O)n2C. The molecule has 1 aliphatic rings. The molecule has 1 atom stereocenters. The first-order valence-electron chi connectivity index (χ1n) is 7.53. The fourth-order valence-corrected chi connectivity index (χ4v) is 2.66. The van der Waals surface area contributed by atoms with E-state index in [4.69, 9.17) is 5.73 Å². The minimum atomic E-state index is -0.567. The topological polar surface area (TPSA) is 117 Å². The summed E-state index contributed by atoms with van der Waals surface area (Å²) in [6.07, 6.45) is 3.65. The third-order valence-electron chi connectivity index (χ3n) is 4.27. The van der Waals surface area contributed by atoms with E-state index in [0.29, 0.717) is 18.1 Å². The molecule has 9 nitrogen and oxygen atoms in total. The standard InChI is InChI=1S/C14H20N6O3/c1-18-7-17-12-11(18)13(22)20(14(23)19(12)2)6-10(21)16-5-9(15)8-3-4-8/h7-9H,3-6,15H2,1-2H3,(H,16,21). The number of rotatable bonds is 5. The van der Waals surface area contributed by atoms with Gasteiger partial charge >= 0.3 is 5.69 Å². The lowest BCUT2D eigenvalue weighted by molar-refractivity contribution is -0.121. The zero-order valence-corrected chi connectivity index (χ0v) is 13.2. The van der Waals surface area contributed by atoms with Crippen LogP contribution in [0.2, 0.25) is 0 Å². The lowest BCUT2D eigenvalue weighted by Crippen LogP contribution is -2.45. The van der Waals surface area contributed by atoms with Gasteiger partial charge in [0, 0.05) is 26.7 Å². The van der Waals surface area contributed by atoms with Crippen LogP contribution in [0.1, 0.15) is 12.8 Å². The Bertz CT molecular complexity index is 873. The summed E-state index contributed by atoms with van der Waals surface area (Å²) in [6.45, 7) is 0.0243. The molecule has 0 spiro atoms. The van der Waals surface area contributed by atoms with E-state index in [1.807, 2.05) is 0 Å². The summed E-state index contributed by atoms with van der Waals surface area (Å²) in [5.41, 5.74) is 5.42. The maximum Gasteiger partial charge on any atom is 0.332 e. The van der Waals surface area contributed by atoms with Gasteiger partial charge < -0.3 is 15.6 Å². The molecule has 3 rings (SSSR count). The van der Waals surface area contributed by atoms with Crippen molar-refractivity contribution in [1.29, 1.82) is 0 Å². The van der Waals surface area contributed by atoms with Crippen LogP contribution in [0.25, 0.3) is 11.2 Å². The second kappa shape index (κ2) is 5.65. The van der Waals surface area contributed by atoms with Gasteiger partial charge in [-0.3, -0.25) is 14.2 Å². The highest BCUT2D eigenvalue weighted by Gasteiger charge is 2.28. The molecule has 1 aliphatic carbocycles. The lowest BCUT2D eigenvalue weighted by Gasteiger charge is -2.12. The Morgan fingerprint density at radius 2 is 2.13 bits per heavy atom. The molecule has 2 heterocycles. The van der Waals surface area contributed by atoms with Crippen molar-refractivity contribution in [2.75, 3.05) is 6.54 Å². The van der Waals surface area contributed by atoms with E-state index < -0.39 is 17.2 Å². The van der Waals surface area contributed by atoms with Crippen LogP contribution in [-0.4, -0.2) is 37.2 Å². The number of hydrogen-bond donors (Lipinski definition) is 2. The Morgan fingerprint density at radius 3 is 2.78 bits per heavy atom. The maximum atomic E-state index is 12.5. The van der Waals surface area contributed by atoms with Crippen LogP contribution in [-0.2, 0) is 25.4 Å². The first-order valence-corrected chi connectivity index (χ1v) is 7.53. The van der Waals surface area contributed by atoms with Gasteiger partial charge in [-0.1, -0.05) is 0 Å². The van der Waals surface area contributed by atoms with Gasteiger partial charge in [-0.05, 0) is 18.8 Å². The fourth-order valence-electron chi connectivity index (χ4n) is 2.66. The summed E-state index contributed by atoms with van der Waals surface area (Å²) in [5.74, 6) is 0.0681. The summed E-state index contributed by atoms with van der Waals surface area (Å²) < 4.78 is 3.72. The van der Waals surface area contributed by atoms with Crippen molar-refractivity contribution in [2.24, 2.45) is 25.7 Å². The number of aromatic nitrogens is 4. The number of hydrogen-bond acceptors (Lipinski definition) is 5. The number of nitrogens with zero attached hydrogens (tertiary/aromatic N) is 4. The van der Waals surface area contributed by atoms with E-state index in [0.717, 1.165) is 17.4 Å². The van der Waals surface area contributed by atoms with Crippen LogP contribution >= 0.6 is 0 Å². The van der Waals surface area contributed by atoms with Gasteiger partial charge in [0.1, 0.15) is 6.54 Å². The average Bonchev–Trinajstić information content (AvgIpc) is 3.30. The third-order valence-corrected chi connectivity index (χ3v) is 4.27. The Morgan fingerprint density at radius 1 is 1.43 bits per heavy atom. The van der Waals surface area contributed by atoms with Gasteiger partial charge in [-0.15, -0.1) is 0 Å². The van der Waals surface area contributed by atoms with Crippen molar-refractivity contribution >= 4 is 17.1 Å². The normalized spacial score (nSPS) is 15.8. The Hall–Kier alpha value is -2.42. The van der Waals surface area contributed by atoms with Gasteiger partial charge in [-0.2, -0.15) is 0 Å². The summed E-state index contributed by atoms with van der Waals surface area (Å²) in [5, 5.41) is 2.69. The van der Waals surface area contributed by atoms with Crippen molar-refractivity contribution in [1.82, 2.24) is 24.0 Å². The molecule has 0 aliphatic heterocycles. The Balaban J connectivity index is 1.84. The third kappa shape index (κ3) is 2.79. The van der Waals surface area contributed by atoms with Crippen molar-refractivity contribution < 1.29 is 4.79 Å². The zero-order valence-electron chi connectivity index (χ0n) is 13.2. The van der Waals surface area contributed by atoms with E-state index >= 15 is 0 Å². The number of imidazole rings is 1. The van der Waals surface area contributed by atoms with Crippen LogP contribution in [0.4, 0.5) is 0 Å². The smallest absolute Gasteiger partial charge is 0.332 e. The minimum Gasteiger partial charge on any atom is -0.353 e. The maximum absolute atomic E-state index is 12.5. The first kappa shape index (κ1) is 15.5. The molecule has 0 saturated heterocycles. The number of carbonyl (C=O) groups is 1. The minimum absolute atomic E-state index is 0.0712. The van der Waals surface area contributed by atoms with Crippen LogP contribution < -0.4 is 22.3 Å². The molecule has 2 aromatic rings. The highest BCUT2D eigenvalue weighted by Crippen LogP contribution is 2.31. The van der Waals surface area contributed by atoms with Crippen LogP contribution in [0, 0.1) is 5.92 Å². The van der Waals surface area contributed by atoms with Gasteiger partial charge in [0.2, 0.25) is 5.91 Å². The van der Waals surface area contributed by atoms with Gasteiger partial charge in [0.15, 0.2) is 11.2 Å². The Labute approximate surface area is 131 Å². The summed E-state index contributed by atoms with van der Waals surface area (Å²) >= 11 is 0. The number of amides is 1. The number of aryl methyl sites for hydroxylation is 2. The fraction of sp³-hybridized carbons (Fsp3) is 0.571. The molecule has 3 N–H and O–H groups in total. The molecule has 0 bridgehead atoms. The van der Waals surface area contributed by atoms with E-state index in [9.17, 15) is 14.4 Å². The Kier molecular flexibility index (Phi) is 3.80. The van der Waals surface area contributed by atoms with Crippen molar-refractivity contribution in [3.63, 3.8) is 0 Å². The summed E-state index contributed by atoms with van der Waals surface area (Å²) in [6, 6.07) is -0.0712. The van der Waals surface area contributed by atoms with Crippen LogP contribution in [0.15, 0.2) is 15.9 Å². The number of fused-ring (bicyclic) bond motifs is 1. The second-order valence-corrected chi connectivity index (χ2v) is 6.07. The quantitative estimate of drug-likeness (QED) is 0.680. The van der Waals surface area contributed by atoms with E-state index in [2.05, 4.69) is 10.3 Å². The van der Waals surface area contributed by atoms with Gasteiger partial charge in [0.05, 0.1) is 6.33 Å². The molecule has 1 fully saturated rings. The largest absolute Gasteiger partial charge is 0.353 e. The second-order valence-electron chi connectivity index (χ2n) is 6.07. The molecule has 9 heteroatoms. The number of nitrogens with one attached hydrogen (secondary N) is 1. The molecule has 124 valence electrons. The molecule has 1 unspecified atom stereocenters. The lowest BCUT2D eigenvalue weighted by atomic mass is 10.2. The monoisotopic (exact) mass is 320 g/mol. The molecular weight excluding hydrogens is 300 g/mol. The molecule has 1 amide bonds. The highest BCUT2D eigenvalue weighted by molar-refractivity contribution is 5.76. The van der Waals surface area contributed by atoms with Crippen LogP contribution in [0.5, 0.6) is 0 Å². The van der Waals surface area contributed by atoms with Gasteiger partial charge in [-0.25, -0.2) is 14.3 Å². The first-order chi connectivity index (χ1) is 10.9. The van der Waals surface area contributed by atoms with Crippen molar-refractivity contribution in [3.05, 3.63) is 27.2 Å². The molecule has 23 heavy (non-hydrogen) atoms. The molecule has 0 radical (unpaired) electrons. The molecular formula is C14H20N6O3. The molecule has 0 aromatic carbocycles. The molecule has 2 aromatic heterocycles. The number of carbonyl (C=O) groups excluding carboxylic acids is 1. The number of nitrogens with two attached hydrogens (primary N) is 1. The van der Waals surface area contributed by atoms with E-state index in [-0.39, 0.29) is 18.1 Å². The van der Waals surface area contributed by atoms with Crippen molar-refractivity contribution in [3.8, 4) is 0 Å². The average molecular weight is 320 g/mol. The van der Waals surface area contributed by atoms with Gasteiger partial charge in [0.25, 0.3) is 5.56 Å². The predicted molar refractivity (Wildman–Crippen MR) is 83.9 cm³/mol. The molecule has 1 saturated carbocycles. The summed E-state index contributed by atoms with van der Waals surface area (Å²) in [4.78, 5) is 40.8. The van der Waals surface area contributed by atoms with Crippen LogP contribution in [0.3, 0.4) is 0 Å². The van der Waals surface area contributed by atoms with E-state index in [1.165, 1.54) is 22.5 Å². The van der Waals surface area contributed by atoms with Crippen molar-refractivity contribution in [2.45, 2.75) is 25.4 Å². The highest BCUT2D eigenvalue weighted by atomic mass is 16.2.